The standard InChI is InChI=1S/C17H16ClN3O4S/c18-13-9-11(21(24)25)6-7-12(13)16(22)19-20-17(23)15-8-10-4-2-1-3-5-14(10)26-15/h6-9H,1-5H2,(H,19,22)(H,20,23). The van der Waals surface area contributed by atoms with Crippen molar-refractivity contribution in [3.05, 3.63) is 60.3 Å². The molecule has 26 heavy (non-hydrogen) atoms. The van der Waals surface area contributed by atoms with Crippen LogP contribution in [-0.4, -0.2) is 16.7 Å². The molecule has 7 nitrogen and oxygen atoms in total. The molecule has 2 aromatic rings. The van der Waals surface area contributed by atoms with Crippen molar-refractivity contribution in [2.45, 2.75) is 32.1 Å². The number of thiophene rings is 1. The number of nitrogens with one attached hydrogen (secondary N) is 2. The first-order chi connectivity index (χ1) is 12.5. The highest BCUT2D eigenvalue weighted by molar-refractivity contribution is 7.14. The molecule has 1 aliphatic rings. The lowest BCUT2D eigenvalue weighted by Gasteiger charge is -2.07. The highest BCUT2D eigenvalue weighted by atomic mass is 35.5. The number of carbonyl (C=O) groups excluding carboxylic acids is 2. The van der Waals surface area contributed by atoms with Gasteiger partial charge in [-0.15, -0.1) is 11.3 Å². The third-order valence-electron chi connectivity index (χ3n) is 4.17. The van der Waals surface area contributed by atoms with Crippen molar-refractivity contribution in [1.82, 2.24) is 10.9 Å². The van der Waals surface area contributed by atoms with E-state index in [4.69, 9.17) is 11.6 Å². The lowest BCUT2D eigenvalue weighted by Crippen LogP contribution is -2.41. The lowest BCUT2D eigenvalue weighted by molar-refractivity contribution is -0.384. The number of non-ortho nitro benzene ring substituents is 1. The first-order valence-electron chi connectivity index (χ1n) is 8.12. The maximum atomic E-state index is 12.3. The van der Waals surface area contributed by atoms with Gasteiger partial charge in [0.25, 0.3) is 17.5 Å². The maximum Gasteiger partial charge on any atom is 0.279 e. The Morgan fingerprint density at radius 3 is 2.54 bits per heavy atom. The molecule has 9 heteroatoms. The Kier molecular flexibility index (Phi) is 5.53. The number of hydrogen-bond acceptors (Lipinski definition) is 5. The zero-order chi connectivity index (χ0) is 18.7. The summed E-state index contributed by atoms with van der Waals surface area (Å²) in [6.45, 7) is 0. The van der Waals surface area contributed by atoms with Crippen LogP contribution in [0.25, 0.3) is 0 Å². The fourth-order valence-electron chi connectivity index (χ4n) is 2.82. The summed E-state index contributed by atoms with van der Waals surface area (Å²) in [5, 5.41) is 10.6. The summed E-state index contributed by atoms with van der Waals surface area (Å²) < 4.78 is 0. The van der Waals surface area contributed by atoms with E-state index in [2.05, 4.69) is 10.9 Å². The highest BCUT2D eigenvalue weighted by Crippen LogP contribution is 2.29. The van der Waals surface area contributed by atoms with E-state index >= 15 is 0 Å². The number of rotatable bonds is 3. The van der Waals surface area contributed by atoms with Crippen LogP contribution in [-0.2, 0) is 12.8 Å². The Labute approximate surface area is 158 Å². The number of nitrogens with zero attached hydrogens (tertiary/aromatic N) is 1. The molecule has 0 saturated carbocycles. The minimum atomic E-state index is -0.642. The van der Waals surface area contributed by atoms with Crippen LogP contribution in [0.3, 0.4) is 0 Å². The van der Waals surface area contributed by atoms with E-state index in [0.717, 1.165) is 31.7 Å². The van der Waals surface area contributed by atoms with E-state index in [9.17, 15) is 19.7 Å². The van der Waals surface area contributed by atoms with Crippen LogP contribution in [0, 0.1) is 10.1 Å². The molecule has 0 aliphatic heterocycles. The van der Waals surface area contributed by atoms with E-state index < -0.39 is 16.7 Å². The van der Waals surface area contributed by atoms with E-state index in [1.807, 2.05) is 6.07 Å². The van der Waals surface area contributed by atoms with Crippen LogP contribution >= 0.6 is 22.9 Å². The zero-order valence-corrected chi connectivity index (χ0v) is 15.3. The monoisotopic (exact) mass is 393 g/mol. The molecule has 2 amide bonds. The summed E-state index contributed by atoms with van der Waals surface area (Å²) in [5.74, 6) is -1.04. The number of benzene rings is 1. The fourth-order valence-corrected chi connectivity index (χ4v) is 4.23. The van der Waals surface area contributed by atoms with Crippen molar-refractivity contribution < 1.29 is 14.5 Å². The molecule has 0 unspecified atom stereocenters. The largest absolute Gasteiger partial charge is 0.279 e. The first-order valence-corrected chi connectivity index (χ1v) is 9.31. The van der Waals surface area contributed by atoms with Gasteiger partial charge in [-0.2, -0.15) is 0 Å². The zero-order valence-electron chi connectivity index (χ0n) is 13.7. The second-order valence-electron chi connectivity index (χ2n) is 5.95. The Hall–Kier alpha value is -2.45. The quantitative estimate of drug-likeness (QED) is 0.472. The van der Waals surface area contributed by atoms with Gasteiger partial charge < -0.3 is 0 Å². The summed E-state index contributed by atoms with van der Waals surface area (Å²) in [5.41, 5.74) is 5.70. The summed E-state index contributed by atoms with van der Waals surface area (Å²) in [6, 6.07) is 5.40. The maximum absolute atomic E-state index is 12.3. The van der Waals surface area contributed by atoms with Gasteiger partial charge in [0.1, 0.15) is 0 Å². The normalized spacial score (nSPS) is 13.4. The number of carbonyl (C=O) groups is 2. The molecule has 0 bridgehead atoms. The van der Waals surface area contributed by atoms with E-state index in [1.54, 1.807) is 0 Å². The van der Waals surface area contributed by atoms with Crippen molar-refractivity contribution in [1.29, 1.82) is 0 Å². The van der Waals surface area contributed by atoms with Gasteiger partial charge in [0.2, 0.25) is 0 Å². The van der Waals surface area contributed by atoms with Crippen LogP contribution < -0.4 is 10.9 Å². The molecule has 2 N–H and O–H groups in total. The van der Waals surface area contributed by atoms with Crippen molar-refractivity contribution >= 4 is 40.4 Å². The van der Waals surface area contributed by atoms with Gasteiger partial charge in [0.15, 0.2) is 0 Å². The molecule has 0 atom stereocenters. The number of hydrazine groups is 1. The highest BCUT2D eigenvalue weighted by Gasteiger charge is 2.18. The van der Waals surface area contributed by atoms with E-state index in [1.165, 1.54) is 40.3 Å². The topological polar surface area (TPSA) is 101 Å². The third kappa shape index (κ3) is 4.03. The van der Waals surface area contributed by atoms with Gasteiger partial charge in [-0.1, -0.05) is 18.0 Å². The lowest BCUT2D eigenvalue weighted by atomic mass is 10.1. The molecule has 1 heterocycles. The number of amides is 2. The van der Waals surface area contributed by atoms with Crippen LogP contribution in [0.2, 0.25) is 5.02 Å². The second-order valence-corrected chi connectivity index (χ2v) is 7.49. The van der Waals surface area contributed by atoms with Crippen molar-refractivity contribution in [3.63, 3.8) is 0 Å². The molecule has 1 aromatic carbocycles. The van der Waals surface area contributed by atoms with Gasteiger partial charge in [-0.25, -0.2) is 0 Å². The minimum absolute atomic E-state index is 0.0412. The van der Waals surface area contributed by atoms with Gasteiger partial charge >= 0.3 is 0 Å². The Balaban J connectivity index is 1.64. The van der Waals surface area contributed by atoms with Crippen molar-refractivity contribution in [2.24, 2.45) is 0 Å². The Bertz CT molecular complexity index is 857. The summed E-state index contributed by atoms with van der Waals surface area (Å²) in [4.78, 5) is 36.3. The average molecular weight is 394 g/mol. The number of hydrogen-bond donors (Lipinski definition) is 2. The van der Waals surface area contributed by atoms with Crippen LogP contribution in [0.1, 0.15) is 49.7 Å². The molecule has 3 rings (SSSR count). The van der Waals surface area contributed by atoms with E-state index in [-0.39, 0.29) is 16.3 Å². The van der Waals surface area contributed by atoms with Gasteiger partial charge in [-0.3, -0.25) is 30.6 Å². The number of halogens is 1. The average Bonchev–Trinajstić information content (AvgIpc) is 2.90. The minimum Gasteiger partial charge on any atom is -0.267 e. The molecular weight excluding hydrogens is 378 g/mol. The summed E-state index contributed by atoms with van der Waals surface area (Å²) >= 11 is 7.36. The van der Waals surface area contributed by atoms with Crippen LogP contribution in [0.5, 0.6) is 0 Å². The van der Waals surface area contributed by atoms with Crippen molar-refractivity contribution in [2.75, 3.05) is 0 Å². The van der Waals surface area contributed by atoms with Gasteiger partial charge in [0, 0.05) is 17.0 Å². The third-order valence-corrected chi connectivity index (χ3v) is 5.72. The van der Waals surface area contributed by atoms with Crippen molar-refractivity contribution in [3.8, 4) is 0 Å². The Morgan fingerprint density at radius 2 is 1.81 bits per heavy atom. The molecule has 1 aromatic heterocycles. The Morgan fingerprint density at radius 1 is 1.08 bits per heavy atom. The molecule has 0 radical (unpaired) electrons. The van der Waals surface area contributed by atoms with E-state index in [0.29, 0.717) is 4.88 Å². The van der Waals surface area contributed by atoms with Crippen LogP contribution in [0.15, 0.2) is 24.3 Å². The second kappa shape index (κ2) is 7.84. The fraction of sp³-hybridized carbons (Fsp3) is 0.294. The van der Waals surface area contributed by atoms with Gasteiger partial charge in [-0.05, 0) is 43.4 Å². The molecule has 0 fully saturated rings. The SMILES string of the molecule is O=C(NNC(=O)c1ccc([N+](=O)[O-])cc1Cl)c1cc2c(s1)CCCCC2. The molecular formula is C17H16ClN3O4S. The molecule has 0 spiro atoms. The number of nitro benzene ring substituents is 1. The summed E-state index contributed by atoms with van der Waals surface area (Å²) in [6.07, 6.45) is 5.42. The predicted octanol–water partition coefficient (Wildman–Crippen LogP) is 3.65. The molecule has 1 aliphatic carbocycles. The smallest absolute Gasteiger partial charge is 0.267 e. The number of nitro groups is 1. The molecule has 136 valence electrons. The van der Waals surface area contributed by atoms with Gasteiger partial charge in [0.05, 0.1) is 20.4 Å². The first kappa shape index (κ1) is 18.3. The number of fused-ring (bicyclic) bond motifs is 1. The number of aryl methyl sites for hydroxylation is 2. The van der Waals surface area contributed by atoms with Crippen LogP contribution in [0.4, 0.5) is 5.69 Å². The summed E-state index contributed by atoms with van der Waals surface area (Å²) in [7, 11) is 0. The predicted molar refractivity (Wildman–Crippen MR) is 98.6 cm³/mol. The molecule has 0 saturated heterocycles.